The second-order valence-electron chi connectivity index (χ2n) is 4.47. The van der Waals surface area contributed by atoms with Crippen molar-refractivity contribution in [1.82, 2.24) is 10.3 Å². The lowest BCUT2D eigenvalue weighted by Crippen LogP contribution is -2.33. The van der Waals surface area contributed by atoms with Crippen LogP contribution in [0.1, 0.15) is 16.5 Å². The van der Waals surface area contributed by atoms with Crippen molar-refractivity contribution in [1.29, 1.82) is 0 Å². The van der Waals surface area contributed by atoms with E-state index >= 15 is 0 Å². The first-order chi connectivity index (χ1) is 9.31. The van der Waals surface area contributed by atoms with Crippen LogP contribution in [-0.2, 0) is 4.74 Å². The maximum atomic E-state index is 5.76. The molecule has 0 unspecified atom stereocenters. The van der Waals surface area contributed by atoms with Crippen LogP contribution in [0.15, 0.2) is 30.5 Å². The van der Waals surface area contributed by atoms with Gasteiger partial charge in [0.25, 0.3) is 5.19 Å². The normalized spacial score (nSPS) is 19.3. The molecule has 100 valence electrons. The van der Waals surface area contributed by atoms with Gasteiger partial charge in [0, 0.05) is 24.2 Å². The average Bonchev–Trinajstić information content (AvgIpc) is 2.85. The smallest absolute Gasteiger partial charge is 0.278 e. The topological polar surface area (TPSA) is 43.4 Å². The largest absolute Gasteiger partial charge is 0.431 e. The Morgan fingerprint density at radius 1 is 1.47 bits per heavy atom. The van der Waals surface area contributed by atoms with Gasteiger partial charge in [0.1, 0.15) is 5.75 Å². The SMILES string of the molecule is Cc1cnc(Oc2cccc([C@@H]3CNCCO3)c2)s1. The molecule has 0 saturated carbocycles. The molecule has 1 atom stereocenters. The molecule has 0 aliphatic carbocycles. The summed E-state index contributed by atoms with van der Waals surface area (Å²) >= 11 is 1.55. The van der Waals surface area contributed by atoms with Gasteiger partial charge in [0.2, 0.25) is 0 Å². The number of nitrogens with zero attached hydrogens (tertiary/aromatic N) is 1. The summed E-state index contributed by atoms with van der Waals surface area (Å²) in [7, 11) is 0. The quantitative estimate of drug-likeness (QED) is 0.936. The number of morpholine rings is 1. The fourth-order valence-corrected chi connectivity index (χ4v) is 2.66. The molecule has 2 aromatic rings. The predicted molar refractivity (Wildman–Crippen MR) is 74.9 cm³/mol. The first kappa shape index (κ1) is 12.6. The zero-order chi connectivity index (χ0) is 13.1. The van der Waals surface area contributed by atoms with E-state index in [2.05, 4.69) is 16.4 Å². The van der Waals surface area contributed by atoms with Crippen LogP contribution in [0, 0.1) is 6.92 Å². The van der Waals surface area contributed by atoms with Crippen molar-refractivity contribution in [3.63, 3.8) is 0 Å². The van der Waals surface area contributed by atoms with Crippen LogP contribution in [-0.4, -0.2) is 24.7 Å². The Bertz CT molecular complexity index is 550. The third-order valence-electron chi connectivity index (χ3n) is 2.96. The first-order valence-corrected chi connectivity index (χ1v) is 7.15. The Morgan fingerprint density at radius 3 is 3.16 bits per heavy atom. The summed E-state index contributed by atoms with van der Waals surface area (Å²) in [6, 6.07) is 8.02. The van der Waals surface area contributed by atoms with Gasteiger partial charge in [-0.1, -0.05) is 23.5 Å². The fraction of sp³-hybridized carbons (Fsp3) is 0.357. The zero-order valence-corrected chi connectivity index (χ0v) is 11.6. The molecule has 1 N–H and O–H groups in total. The predicted octanol–water partition coefficient (Wildman–Crippen LogP) is 2.90. The van der Waals surface area contributed by atoms with Crippen LogP contribution in [0.25, 0.3) is 0 Å². The van der Waals surface area contributed by atoms with Crippen molar-refractivity contribution in [3.05, 3.63) is 40.9 Å². The van der Waals surface area contributed by atoms with Crippen molar-refractivity contribution in [2.45, 2.75) is 13.0 Å². The summed E-state index contributed by atoms with van der Waals surface area (Å²) in [5.41, 5.74) is 1.14. The number of thiazole rings is 1. The Kier molecular flexibility index (Phi) is 3.77. The van der Waals surface area contributed by atoms with Gasteiger partial charge in [-0.25, -0.2) is 4.98 Å². The lowest BCUT2D eigenvalue weighted by molar-refractivity contribution is 0.0276. The molecule has 0 radical (unpaired) electrons. The molecule has 0 spiro atoms. The highest BCUT2D eigenvalue weighted by atomic mass is 32.1. The molecule has 1 aromatic heterocycles. The molecule has 4 nitrogen and oxygen atoms in total. The van der Waals surface area contributed by atoms with Crippen LogP contribution < -0.4 is 10.1 Å². The molecule has 0 bridgehead atoms. The van der Waals surface area contributed by atoms with Gasteiger partial charge >= 0.3 is 0 Å². The van der Waals surface area contributed by atoms with Gasteiger partial charge in [0.15, 0.2) is 0 Å². The third kappa shape index (κ3) is 3.12. The molecular weight excluding hydrogens is 260 g/mol. The molecule has 5 heteroatoms. The second-order valence-corrected chi connectivity index (χ2v) is 5.67. The van der Waals surface area contributed by atoms with E-state index in [0.29, 0.717) is 5.19 Å². The van der Waals surface area contributed by atoms with Gasteiger partial charge in [0.05, 0.1) is 12.7 Å². The van der Waals surface area contributed by atoms with Crippen molar-refractivity contribution >= 4 is 11.3 Å². The standard InChI is InChI=1S/C14H16N2O2S/c1-10-8-16-14(19-10)18-12-4-2-3-11(7-12)13-9-15-5-6-17-13/h2-4,7-8,13,15H,5-6,9H2,1H3/t13-/m0/s1. The molecule has 3 rings (SSSR count). The fourth-order valence-electron chi connectivity index (χ4n) is 2.04. The Balaban J connectivity index is 1.75. The first-order valence-electron chi connectivity index (χ1n) is 6.34. The maximum absolute atomic E-state index is 5.76. The van der Waals surface area contributed by atoms with Crippen LogP contribution in [0.3, 0.4) is 0 Å². The third-order valence-corrected chi connectivity index (χ3v) is 3.75. The molecule has 0 amide bonds. The number of rotatable bonds is 3. The lowest BCUT2D eigenvalue weighted by atomic mass is 10.1. The van der Waals surface area contributed by atoms with E-state index < -0.39 is 0 Å². The monoisotopic (exact) mass is 276 g/mol. The van der Waals surface area contributed by atoms with Crippen molar-refractivity contribution in [2.75, 3.05) is 19.7 Å². The minimum atomic E-state index is 0.107. The van der Waals surface area contributed by atoms with Crippen LogP contribution >= 0.6 is 11.3 Å². The van der Waals surface area contributed by atoms with Gasteiger partial charge in [-0.15, -0.1) is 0 Å². The molecule has 19 heavy (non-hydrogen) atoms. The van der Waals surface area contributed by atoms with E-state index in [1.165, 1.54) is 0 Å². The molecule has 2 heterocycles. The molecule has 1 saturated heterocycles. The average molecular weight is 276 g/mol. The maximum Gasteiger partial charge on any atom is 0.278 e. The number of benzene rings is 1. The summed E-state index contributed by atoms with van der Waals surface area (Å²) in [4.78, 5) is 5.35. The van der Waals surface area contributed by atoms with E-state index in [9.17, 15) is 0 Å². The number of nitrogens with one attached hydrogen (secondary N) is 1. The summed E-state index contributed by atoms with van der Waals surface area (Å²) in [6.07, 6.45) is 1.92. The van der Waals surface area contributed by atoms with E-state index in [1.54, 1.807) is 11.3 Å². The highest BCUT2D eigenvalue weighted by Gasteiger charge is 2.16. The zero-order valence-electron chi connectivity index (χ0n) is 10.8. The minimum absolute atomic E-state index is 0.107. The molecular formula is C14H16N2O2S. The summed E-state index contributed by atoms with van der Waals surface area (Å²) in [5, 5.41) is 4.01. The van der Waals surface area contributed by atoms with E-state index in [0.717, 1.165) is 35.9 Å². The number of aryl methyl sites for hydroxylation is 1. The number of ether oxygens (including phenoxy) is 2. The van der Waals surface area contributed by atoms with Gasteiger partial charge < -0.3 is 14.8 Å². The Hall–Kier alpha value is -1.43. The summed E-state index contributed by atoms with van der Waals surface area (Å²) in [6.45, 7) is 4.54. The number of hydrogen-bond donors (Lipinski definition) is 1. The summed E-state index contributed by atoms with van der Waals surface area (Å²) in [5.74, 6) is 0.807. The highest BCUT2D eigenvalue weighted by Crippen LogP contribution is 2.28. The van der Waals surface area contributed by atoms with E-state index in [-0.39, 0.29) is 6.10 Å². The van der Waals surface area contributed by atoms with Gasteiger partial charge in [-0.3, -0.25) is 0 Å². The highest BCUT2D eigenvalue weighted by molar-refractivity contribution is 7.13. The van der Waals surface area contributed by atoms with Gasteiger partial charge in [-0.05, 0) is 24.6 Å². The number of hydrogen-bond acceptors (Lipinski definition) is 5. The van der Waals surface area contributed by atoms with Gasteiger partial charge in [-0.2, -0.15) is 0 Å². The number of aromatic nitrogens is 1. The molecule has 1 aromatic carbocycles. The molecule has 1 aliphatic heterocycles. The second kappa shape index (κ2) is 5.69. The van der Waals surface area contributed by atoms with E-state index in [1.807, 2.05) is 31.3 Å². The van der Waals surface area contributed by atoms with Crippen molar-refractivity contribution in [3.8, 4) is 10.9 Å². The molecule has 1 aliphatic rings. The van der Waals surface area contributed by atoms with Crippen LogP contribution in [0.2, 0.25) is 0 Å². The Labute approximate surface area is 116 Å². The molecule has 1 fully saturated rings. The minimum Gasteiger partial charge on any atom is -0.431 e. The van der Waals surface area contributed by atoms with Crippen molar-refractivity contribution < 1.29 is 9.47 Å². The lowest BCUT2D eigenvalue weighted by Gasteiger charge is -2.24. The van der Waals surface area contributed by atoms with E-state index in [4.69, 9.17) is 9.47 Å². The van der Waals surface area contributed by atoms with Crippen LogP contribution in [0.4, 0.5) is 0 Å². The Morgan fingerprint density at radius 2 is 2.42 bits per heavy atom. The van der Waals surface area contributed by atoms with Crippen LogP contribution in [0.5, 0.6) is 10.9 Å². The summed E-state index contributed by atoms with van der Waals surface area (Å²) < 4.78 is 11.5. The van der Waals surface area contributed by atoms with Crippen molar-refractivity contribution in [2.24, 2.45) is 0 Å².